The molecule has 3 aromatic rings. The van der Waals surface area contributed by atoms with Crippen molar-refractivity contribution in [3.05, 3.63) is 77.8 Å². The minimum absolute atomic E-state index is 0.0214. The first-order valence-electron chi connectivity index (χ1n) is 13.6. The van der Waals surface area contributed by atoms with Crippen molar-refractivity contribution >= 4 is 46.3 Å². The summed E-state index contributed by atoms with van der Waals surface area (Å²) in [5.74, 6) is -0.854. The van der Waals surface area contributed by atoms with Gasteiger partial charge in [0.1, 0.15) is 24.1 Å². The van der Waals surface area contributed by atoms with E-state index in [0.29, 0.717) is 42.3 Å². The third kappa shape index (κ3) is 10.9. The predicted octanol–water partition coefficient (Wildman–Crippen LogP) is 5.86. The second-order valence-corrected chi connectivity index (χ2v) is 11.2. The van der Waals surface area contributed by atoms with Crippen LogP contribution in [0.25, 0.3) is 10.8 Å². The van der Waals surface area contributed by atoms with Crippen molar-refractivity contribution in [1.29, 1.82) is 0 Å². The van der Waals surface area contributed by atoms with Crippen LogP contribution in [0.3, 0.4) is 0 Å². The van der Waals surface area contributed by atoms with Gasteiger partial charge in [-0.1, -0.05) is 37.6 Å². The Bertz CT molecular complexity index is 1440. The maximum Gasteiger partial charge on any atom is 0.412 e. The van der Waals surface area contributed by atoms with Crippen molar-refractivity contribution in [3.63, 3.8) is 0 Å². The molecule has 1 aromatic heterocycles. The normalized spacial score (nSPS) is 11.9. The zero-order valence-electron chi connectivity index (χ0n) is 24.3. The Morgan fingerprint density at radius 3 is 2.60 bits per heavy atom. The van der Waals surface area contributed by atoms with Gasteiger partial charge >= 0.3 is 18.2 Å². The number of benzene rings is 2. The molecule has 10 nitrogen and oxygen atoms in total. The summed E-state index contributed by atoms with van der Waals surface area (Å²) in [4.78, 5) is 43.1. The smallest absolute Gasteiger partial charge is 0.412 e. The van der Waals surface area contributed by atoms with Crippen LogP contribution in [-0.4, -0.2) is 60.8 Å². The molecule has 0 saturated heterocycles. The Hall–Kier alpha value is -4.19. The molecule has 1 heterocycles. The molecule has 0 aliphatic heterocycles. The molecular formula is C30H36ClF2N6O4. The van der Waals surface area contributed by atoms with E-state index < -0.39 is 29.8 Å². The molecule has 1 radical (unpaired) electrons. The zero-order chi connectivity index (χ0) is 31.6. The van der Waals surface area contributed by atoms with E-state index in [-0.39, 0.29) is 35.4 Å². The van der Waals surface area contributed by atoms with E-state index in [4.69, 9.17) is 16.3 Å². The summed E-state index contributed by atoms with van der Waals surface area (Å²) in [6, 6.07) is 8.60. The number of anilines is 1. The molecule has 2 aromatic carbocycles. The monoisotopic (exact) mass is 617 g/mol. The molecule has 5 amide bonds. The van der Waals surface area contributed by atoms with Crippen molar-refractivity contribution < 1.29 is 27.9 Å². The molecule has 43 heavy (non-hydrogen) atoms. The molecule has 231 valence electrons. The minimum atomic E-state index is -0.818. The fourth-order valence-corrected chi connectivity index (χ4v) is 4.14. The highest BCUT2D eigenvalue weighted by Gasteiger charge is 2.22. The summed E-state index contributed by atoms with van der Waals surface area (Å²) >= 11 is 6.00. The Labute approximate surface area is 254 Å². The fraction of sp³-hybridized carbons (Fsp3) is 0.367. The van der Waals surface area contributed by atoms with Gasteiger partial charge < -0.3 is 25.6 Å². The molecule has 3 rings (SSSR count). The topological polar surface area (TPSA) is 125 Å². The molecule has 0 spiro atoms. The summed E-state index contributed by atoms with van der Waals surface area (Å²) in [5, 5.41) is 11.9. The molecule has 0 fully saturated rings. The van der Waals surface area contributed by atoms with Crippen LogP contribution in [0, 0.1) is 24.0 Å². The largest absolute Gasteiger partial charge is 0.447 e. The van der Waals surface area contributed by atoms with E-state index >= 15 is 0 Å². The number of ether oxygens (including phenoxy) is 1. The van der Waals surface area contributed by atoms with Crippen LogP contribution < -0.4 is 21.3 Å². The SMILES string of the molecule is [CH2]C(C)(C)CNC(=O)NCCC[C@@H](COC(=O)Nc1cc2cc(F)ccc2cn1)N(C)C(=O)NCc1cccc(F)c1Cl. The number of carbonyl (C=O) groups is 3. The van der Waals surface area contributed by atoms with Gasteiger partial charge in [-0.25, -0.2) is 28.1 Å². The Kier molecular flexibility index (Phi) is 11.9. The molecule has 0 bridgehead atoms. The van der Waals surface area contributed by atoms with E-state index in [1.54, 1.807) is 12.1 Å². The van der Waals surface area contributed by atoms with Gasteiger partial charge in [-0.2, -0.15) is 0 Å². The van der Waals surface area contributed by atoms with Crippen molar-refractivity contribution in [2.24, 2.45) is 5.41 Å². The maximum absolute atomic E-state index is 13.8. The van der Waals surface area contributed by atoms with Gasteiger partial charge in [0, 0.05) is 38.3 Å². The quantitative estimate of drug-likeness (QED) is 0.189. The minimum Gasteiger partial charge on any atom is -0.447 e. The summed E-state index contributed by atoms with van der Waals surface area (Å²) in [5.41, 5.74) is 0.0871. The van der Waals surface area contributed by atoms with Crippen LogP contribution in [0.2, 0.25) is 5.02 Å². The number of nitrogens with one attached hydrogen (secondary N) is 4. The Balaban J connectivity index is 1.59. The summed E-state index contributed by atoms with van der Waals surface area (Å²) in [6.07, 6.45) is 1.51. The van der Waals surface area contributed by atoms with E-state index in [0.717, 1.165) is 0 Å². The van der Waals surface area contributed by atoms with Crippen LogP contribution >= 0.6 is 11.6 Å². The number of hydrogen-bond acceptors (Lipinski definition) is 5. The molecular weight excluding hydrogens is 582 g/mol. The number of amides is 5. The van der Waals surface area contributed by atoms with E-state index in [2.05, 4.69) is 33.2 Å². The summed E-state index contributed by atoms with van der Waals surface area (Å²) < 4.78 is 32.8. The van der Waals surface area contributed by atoms with Gasteiger partial charge in [-0.3, -0.25) is 5.32 Å². The second-order valence-electron chi connectivity index (χ2n) is 10.8. The lowest BCUT2D eigenvalue weighted by molar-refractivity contribution is 0.113. The average Bonchev–Trinajstić information content (AvgIpc) is 2.95. The fourth-order valence-electron chi connectivity index (χ4n) is 3.95. The third-order valence-electron chi connectivity index (χ3n) is 6.38. The zero-order valence-corrected chi connectivity index (χ0v) is 25.1. The number of rotatable bonds is 12. The number of aromatic nitrogens is 1. The molecule has 0 aliphatic carbocycles. The summed E-state index contributed by atoms with van der Waals surface area (Å²) in [7, 11) is 1.53. The van der Waals surface area contributed by atoms with Crippen LogP contribution in [0.5, 0.6) is 0 Å². The highest BCUT2D eigenvalue weighted by molar-refractivity contribution is 6.31. The van der Waals surface area contributed by atoms with Crippen molar-refractivity contribution in [2.75, 3.05) is 32.1 Å². The predicted molar refractivity (Wildman–Crippen MR) is 162 cm³/mol. The van der Waals surface area contributed by atoms with Gasteiger partial charge in [-0.05, 0) is 66.5 Å². The number of fused-ring (bicyclic) bond motifs is 1. The Morgan fingerprint density at radius 2 is 1.86 bits per heavy atom. The number of halogens is 3. The van der Waals surface area contributed by atoms with Crippen molar-refractivity contribution in [2.45, 2.75) is 39.3 Å². The third-order valence-corrected chi connectivity index (χ3v) is 6.80. The van der Waals surface area contributed by atoms with Gasteiger partial charge in [-0.15, -0.1) is 0 Å². The standard InChI is InChI=1S/C30H36ClF2N6O4/c1-30(2,3)18-37-27(40)34-12-6-8-23(39(4)28(41)36-16-20-7-5-9-24(33)26(20)31)17-43-29(42)38-25-14-21-13-22(32)11-10-19(21)15-35-25/h5,7,9-11,13-15,23H,1,6,8,12,16-18H2,2-4H3,(H,36,41)(H2,34,37,40)(H,35,38,42)/t23-/m0/s1. The first kappa shape index (κ1) is 33.3. The lowest BCUT2D eigenvalue weighted by atomic mass is 9.97. The maximum atomic E-state index is 13.8. The van der Waals surface area contributed by atoms with E-state index in [1.807, 2.05) is 13.8 Å². The van der Waals surface area contributed by atoms with E-state index in [1.165, 1.54) is 48.5 Å². The van der Waals surface area contributed by atoms with E-state index in [9.17, 15) is 23.2 Å². The molecule has 0 unspecified atom stereocenters. The first-order chi connectivity index (χ1) is 20.3. The average molecular weight is 618 g/mol. The lowest BCUT2D eigenvalue weighted by Gasteiger charge is -2.28. The van der Waals surface area contributed by atoms with Crippen molar-refractivity contribution in [3.8, 4) is 0 Å². The van der Waals surface area contributed by atoms with Crippen LogP contribution in [0.1, 0.15) is 32.3 Å². The van der Waals surface area contributed by atoms with Crippen LogP contribution in [0.4, 0.5) is 29.0 Å². The number of likely N-dealkylation sites (N-methyl/N-ethyl adjacent to an activating group) is 1. The summed E-state index contributed by atoms with van der Waals surface area (Å²) in [6.45, 7) is 8.23. The van der Waals surface area contributed by atoms with Crippen LogP contribution in [0.15, 0.2) is 48.7 Å². The van der Waals surface area contributed by atoms with Crippen LogP contribution in [-0.2, 0) is 11.3 Å². The lowest BCUT2D eigenvalue weighted by Crippen LogP contribution is -2.46. The van der Waals surface area contributed by atoms with Crippen molar-refractivity contribution in [1.82, 2.24) is 25.8 Å². The second kappa shape index (κ2) is 15.3. The molecule has 4 N–H and O–H groups in total. The number of nitrogens with zero attached hydrogens (tertiary/aromatic N) is 2. The Morgan fingerprint density at radius 1 is 1.09 bits per heavy atom. The number of urea groups is 2. The van der Waals surface area contributed by atoms with Gasteiger partial charge in [0.25, 0.3) is 0 Å². The molecule has 13 heteroatoms. The highest BCUT2D eigenvalue weighted by atomic mass is 35.5. The van der Waals surface area contributed by atoms with Gasteiger partial charge in [0.15, 0.2) is 0 Å². The highest BCUT2D eigenvalue weighted by Crippen LogP contribution is 2.20. The molecule has 0 saturated carbocycles. The number of pyridine rings is 1. The molecule has 1 atom stereocenters. The number of hydrogen-bond donors (Lipinski definition) is 4. The van der Waals surface area contributed by atoms with Gasteiger partial charge in [0.2, 0.25) is 0 Å². The number of carbonyl (C=O) groups excluding carboxylic acids is 3. The molecule has 0 aliphatic rings. The first-order valence-corrected chi connectivity index (χ1v) is 14.0. The van der Waals surface area contributed by atoms with Gasteiger partial charge in [0.05, 0.1) is 11.1 Å².